The number of esters is 1. The third kappa shape index (κ3) is 10.2. The average molecular weight is 453 g/mol. The largest absolute Gasteiger partial charge is 0.573 e. The van der Waals surface area contributed by atoms with E-state index in [1.54, 1.807) is 26.8 Å². The number of benzene rings is 2. The van der Waals surface area contributed by atoms with Crippen LogP contribution in [-0.2, 0) is 22.4 Å². The summed E-state index contributed by atoms with van der Waals surface area (Å²) in [4.78, 5) is 12.4. The molecule has 0 amide bonds. The SMILES string of the molecule is CC(C)(C)OC(=O)C[C@@H](Cc1ccccc1)[C@H](O)CCCc1cccc(OC(F)(F)F)c1. The molecule has 0 radical (unpaired) electrons. The predicted octanol–water partition coefficient (Wildman–Crippen LogP) is 5.86. The second kappa shape index (κ2) is 11.4. The molecule has 0 aliphatic carbocycles. The number of hydrogen-bond donors (Lipinski definition) is 1. The fourth-order valence-electron chi connectivity index (χ4n) is 3.51. The Labute approximate surface area is 187 Å². The van der Waals surface area contributed by atoms with E-state index < -0.39 is 18.1 Å². The van der Waals surface area contributed by atoms with Crippen molar-refractivity contribution in [3.8, 4) is 5.75 Å². The van der Waals surface area contributed by atoms with Gasteiger partial charge in [-0.3, -0.25) is 4.79 Å². The smallest absolute Gasteiger partial charge is 0.460 e. The highest BCUT2D eigenvalue weighted by Crippen LogP contribution is 2.25. The average Bonchev–Trinajstić information content (AvgIpc) is 2.65. The summed E-state index contributed by atoms with van der Waals surface area (Å²) in [5.41, 5.74) is 1.09. The number of alkyl halides is 3. The molecule has 0 aliphatic rings. The Morgan fingerprint density at radius 2 is 1.66 bits per heavy atom. The molecule has 2 atom stereocenters. The van der Waals surface area contributed by atoms with Crippen LogP contribution in [0.5, 0.6) is 5.75 Å². The van der Waals surface area contributed by atoms with Crippen molar-refractivity contribution < 1.29 is 32.5 Å². The van der Waals surface area contributed by atoms with Crippen molar-refractivity contribution >= 4 is 5.97 Å². The number of ether oxygens (including phenoxy) is 2. The number of carbonyl (C=O) groups excluding carboxylic acids is 1. The van der Waals surface area contributed by atoms with E-state index in [0.29, 0.717) is 31.2 Å². The molecule has 2 rings (SSSR count). The molecule has 0 bridgehead atoms. The van der Waals surface area contributed by atoms with Gasteiger partial charge in [-0.05, 0) is 75.6 Å². The normalized spacial score (nSPS) is 14.0. The summed E-state index contributed by atoms with van der Waals surface area (Å²) < 4.78 is 46.6. The lowest BCUT2D eigenvalue weighted by Gasteiger charge is -2.25. The van der Waals surface area contributed by atoms with Crippen LogP contribution in [0.15, 0.2) is 54.6 Å². The van der Waals surface area contributed by atoms with Gasteiger partial charge in [-0.15, -0.1) is 13.2 Å². The van der Waals surface area contributed by atoms with Crippen LogP contribution in [-0.4, -0.2) is 29.1 Å². The quantitative estimate of drug-likeness (QED) is 0.459. The van der Waals surface area contributed by atoms with E-state index in [0.717, 1.165) is 5.56 Å². The molecular formula is C25H31F3O4. The first-order chi connectivity index (χ1) is 14.9. The third-order valence-corrected chi connectivity index (χ3v) is 4.83. The minimum atomic E-state index is -4.73. The lowest BCUT2D eigenvalue weighted by molar-refractivity contribution is -0.274. The number of rotatable bonds is 10. The van der Waals surface area contributed by atoms with Gasteiger partial charge in [0.25, 0.3) is 0 Å². The Bertz CT molecular complexity index is 844. The Kier molecular flexibility index (Phi) is 9.13. The maximum Gasteiger partial charge on any atom is 0.573 e. The second-order valence-corrected chi connectivity index (χ2v) is 8.90. The third-order valence-electron chi connectivity index (χ3n) is 4.83. The van der Waals surface area contributed by atoms with Crippen molar-refractivity contribution in [2.24, 2.45) is 5.92 Å². The first kappa shape index (κ1) is 25.7. The molecule has 0 heterocycles. The summed E-state index contributed by atoms with van der Waals surface area (Å²) in [6, 6.07) is 15.4. The van der Waals surface area contributed by atoms with Crippen molar-refractivity contribution in [3.63, 3.8) is 0 Å². The number of aliphatic hydroxyl groups excluding tert-OH is 1. The maximum absolute atomic E-state index is 12.4. The van der Waals surface area contributed by atoms with E-state index in [-0.39, 0.29) is 24.1 Å². The Morgan fingerprint density at radius 3 is 2.28 bits per heavy atom. The molecule has 0 aromatic heterocycles. The van der Waals surface area contributed by atoms with E-state index in [4.69, 9.17) is 4.74 Å². The van der Waals surface area contributed by atoms with Crippen molar-refractivity contribution in [1.82, 2.24) is 0 Å². The van der Waals surface area contributed by atoms with Crippen molar-refractivity contribution in [2.45, 2.75) is 70.9 Å². The maximum atomic E-state index is 12.4. The summed E-state index contributed by atoms with van der Waals surface area (Å²) in [5, 5.41) is 10.8. The molecule has 2 aromatic rings. The zero-order valence-electron chi connectivity index (χ0n) is 18.7. The summed E-state index contributed by atoms with van der Waals surface area (Å²) >= 11 is 0. The molecule has 0 spiro atoms. The number of aliphatic hydroxyl groups is 1. The van der Waals surface area contributed by atoms with E-state index in [9.17, 15) is 23.1 Å². The first-order valence-electron chi connectivity index (χ1n) is 10.7. The van der Waals surface area contributed by atoms with Crippen LogP contribution >= 0.6 is 0 Å². The monoisotopic (exact) mass is 452 g/mol. The van der Waals surface area contributed by atoms with Crippen molar-refractivity contribution in [1.29, 1.82) is 0 Å². The van der Waals surface area contributed by atoms with Crippen LogP contribution in [0, 0.1) is 5.92 Å². The molecule has 0 unspecified atom stereocenters. The van der Waals surface area contributed by atoms with Crippen LogP contribution in [0.3, 0.4) is 0 Å². The van der Waals surface area contributed by atoms with Gasteiger partial charge in [0.1, 0.15) is 11.4 Å². The van der Waals surface area contributed by atoms with Crippen molar-refractivity contribution in [2.75, 3.05) is 0 Å². The molecule has 0 saturated carbocycles. The Balaban J connectivity index is 1.97. The highest BCUT2D eigenvalue weighted by molar-refractivity contribution is 5.70. The van der Waals surface area contributed by atoms with E-state index in [1.165, 1.54) is 18.2 Å². The molecule has 32 heavy (non-hydrogen) atoms. The Morgan fingerprint density at radius 1 is 1.00 bits per heavy atom. The molecular weight excluding hydrogens is 421 g/mol. The predicted molar refractivity (Wildman–Crippen MR) is 116 cm³/mol. The van der Waals surface area contributed by atoms with Gasteiger partial charge in [-0.1, -0.05) is 42.5 Å². The topological polar surface area (TPSA) is 55.8 Å². The molecule has 2 aromatic carbocycles. The molecule has 7 heteroatoms. The zero-order valence-corrected chi connectivity index (χ0v) is 18.7. The van der Waals surface area contributed by atoms with Gasteiger partial charge in [0.2, 0.25) is 0 Å². The van der Waals surface area contributed by atoms with E-state index >= 15 is 0 Å². The molecule has 0 aliphatic heterocycles. The van der Waals surface area contributed by atoms with Gasteiger partial charge in [0, 0.05) is 0 Å². The van der Waals surface area contributed by atoms with Crippen LogP contribution in [0.4, 0.5) is 13.2 Å². The number of carbonyl (C=O) groups is 1. The second-order valence-electron chi connectivity index (χ2n) is 8.90. The summed E-state index contributed by atoms with van der Waals surface area (Å²) in [7, 11) is 0. The van der Waals surface area contributed by atoms with Gasteiger partial charge in [0.15, 0.2) is 0 Å². The Hall–Kier alpha value is -2.54. The molecule has 176 valence electrons. The van der Waals surface area contributed by atoms with Gasteiger partial charge in [-0.25, -0.2) is 0 Å². The summed E-state index contributed by atoms with van der Waals surface area (Å²) in [5.74, 6) is -0.955. The van der Waals surface area contributed by atoms with Gasteiger partial charge in [0.05, 0.1) is 12.5 Å². The molecule has 0 fully saturated rings. The highest BCUT2D eigenvalue weighted by Gasteiger charge is 2.31. The minimum Gasteiger partial charge on any atom is -0.460 e. The molecule has 0 saturated heterocycles. The van der Waals surface area contributed by atoms with E-state index in [2.05, 4.69) is 4.74 Å². The van der Waals surface area contributed by atoms with Gasteiger partial charge >= 0.3 is 12.3 Å². The van der Waals surface area contributed by atoms with Crippen molar-refractivity contribution in [3.05, 3.63) is 65.7 Å². The lowest BCUT2D eigenvalue weighted by atomic mass is 9.88. The first-order valence-corrected chi connectivity index (χ1v) is 10.7. The highest BCUT2D eigenvalue weighted by atomic mass is 19.4. The number of aryl methyl sites for hydroxylation is 1. The summed E-state index contributed by atoms with van der Waals surface area (Å²) in [6.45, 7) is 5.39. The lowest BCUT2D eigenvalue weighted by Crippen LogP contribution is -2.30. The van der Waals surface area contributed by atoms with Gasteiger partial charge < -0.3 is 14.6 Å². The van der Waals surface area contributed by atoms with Gasteiger partial charge in [-0.2, -0.15) is 0 Å². The summed E-state index contributed by atoms with van der Waals surface area (Å²) in [6.07, 6.45) is -3.44. The van der Waals surface area contributed by atoms with Crippen LogP contribution in [0.1, 0.15) is 51.2 Å². The fraction of sp³-hybridized carbons (Fsp3) is 0.480. The van der Waals surface area contributed by atoms with Crippen LogP contribution in [0.25, 0.3) is 0 Å². The fourth-order valence-corrected chi connectivity index (χ4v) is 3.51. The molecule has 4 nitrogen and oxygen atoms in total. The standard InChI is InChI=1S/C25H31F3O4/c1-24(2,3)32-23(30)17-20(15-18-9-5-4-6-10-18)22(29)14-8-12-19-11-7-13-21(16-19)31-25(26,27)28/h4-7,9-11,13,16,20,22,29H,8,12,14-15,17H2,1-3H3/t20-,22-/m1/s1. The van der Waals surface area contributed by atoms with Crippen LogP contribution < -0.4 is 4.74 Å². The zero-order chi connectivity index (χ0) is 23.8. The van der Waals surface area contributed by atoms with E-state index in [1.807, 2.05) is 30.3 Å². The number of hydrogen-bond acceptors (Lipinski definition) is 4. The minimum absolute atomic E-state index is 0.0856. The number of halogens is 3. The molecule has 1 N–H and O–H groups in total. The van der Waals surface area contributed by atoms with Crippen LogP contribution in [0.2, 0.25) is 0 Å².